The minimum atomic E-state index is -0.918. The van der Waals surface area contributed by atoms with Crippen molar-refractivity contribution in [2.24, 2.45) is 0 Å². The summed E-state index contributed by atoms with van der Waals surface area (Å²) in [4.78, 5) is 14.3. The summed E-state index contributed by atoms with van der Waals surface area (Å²) in [6, 6.07) is 4.44. The molecule has 7 nitrogen and oxygen atoms in total. The van der Waals surface area contributed by atoms with Crippen LogP contribution in [0.4, 0.5) is 11.7 Å². The lowest BCUT2D eigenvalue weighted by atomic mass is 10.3. The third-order valence-corrected chi connectivity index (χ3v) is 3.41. The number of anilines is 1. The van der Waals surface area contributed by atoms with Crippen LogP contribution < -0.4 is 5.32 Å². The first-order valence-electron chi connectivity index (χ1n) is 5.57. The largest absolute Gasteiger partial charge is 0.424 e. The minimum Gasteiger partial charge on any atom is -0.424 e. The lowest BCUT2D eigenvalue weighted by molar-refractivity contribution is -0.384. The highest BCUT2D eigenvalue weighted by atomic mass is 32.2. The van der Waals surface area contributed by atoms with E-state index in [0.717, 1.165) is 0 Å². The Morgan fingerprint density at radius 2 is 2.32 bits per heavy atom. The Labute approximate surface area is 111 Å². The Balaban J connectivity index is 2.21. The van der Waals surface area contributed by atoms with Crippen LogP contribution in [0.3, 0.4) is 0 Å². The SMILES string of the molecule is CC(CS(C)=O)Nc1nc2cc([N+](=O)[O-])ccc2o1. The number of nitrogens with zero attached hydrogens (tertiary/aromatic N) is 2. The quantitative estimate of drug-likeness (QED) is 0.665. The summed E-state index contributed by atoms with van der Waals surface area (Å²) in [6.45, 7) is 1.86. The summed E-state index contributed by atoms with van der Waals surface area (Å²) in [7, 11) is -0.918. The van der Waals surface area contributed by atoms with Gasteiger partial charge >= 0.3 is 0 Å². The average molecular weight is 283 g/mol. The van der Waals surface area contributed by atoms with Crippen molar-refractivity contribution in [2.45, 2.75) is 13.0 Å². The van der Waals surface area contributed by atoms with E-state index in [1.165, 1.54) is 18.2 Å². The van der Waals surface area contributed by atoms with E-state index < -0.39 is 15.7 Å². The van der Waals surface area contributed by atoms with Gasteiger partial charge in [0, 0.05) is 41.0 Å². The summed E-state index contributed by atoms with van der Waals surface area (Å²) in [5, 5.41) is 13.6. The number of benzene rings is 1. The van der Waals surface area contributed by atoms with Gasteiger partial charge in [0.1, 0.15) is 5.52 Å². The molecule has 0 radical (unpaired) electrons. The fourth-order valence-corrected chi connectivity index (χ4v) is 2.48. The molecule has 2 aromatic rings. The van der Waals surface area contributed by atoms with E-state index in [2.05, 4.69) is 10.3 Å². The second-order valence-corrected chi connectivity index (χ2v) is 5.69. The Kier molecular flexibility index (Phi) is 3.79. The molecule has 8 heteroatoms. The van der Waals surface area contributed by atoms with Gasteiger partial charge in [0.25, 0.3) is 11.7 Å². The number of non-ortho nitro benzene ring substituents is 1. The molecule has 0 aliphatic carbocycles. The molecule has 2 rings (SSSR count). The number of nitro benzene ring substituents is 1. The molecular weight excluding hydrogens is 270 g/mol. The van der Waals surface area contributed by atoms with Crippen molar-refractivity contribution < 1.29 is 13.5 Å². The number of hydrogen-bond donors (Lipinski definition) is 1. The first-order chi connectivity index (χ1) is 8.95. The van der Waals surface area contributed by atoms with Crippen LogP contribution in [-0.2, 0) is 10.8 Å². The molecule has 1 aromatic carbocycles. The summed E-state index contributed by atoms with van der Waals surface area (Å²) in [6.07, 6.45) is 1.62. The number of aromatic nitrogens is 1. The average Bonchev–Trinajstić information content (AvgIpc) is 2.68. The van der Waals surface area contributed by atoms with Crippen LogP contribution in [0.2, 0.25) is 0 Å². The molecule has 0 bridgehead atoms. The van der Waals surface area contributed by atoms with Crippen molar-refractivity contribution in [3.8, 4) is 0 Å². The van der Waals surface area contributed by atoms with Gasteiger partial charge in [0.05, 0.1) is 4.92 Å². The second-order valence-electron chi connectivity index (χ2n) is 4.21. The maximum Gasteiger partial charge on any atom is 0.295 e. The number of nitrogens with one attached hydrogen (secondary N) is 1. The molecule has 0 amide bonds. The highest BCUT2D eigenvalue weighted by Gasteiger charge is 2.13. The van der Waals surface area contributed by atoms with E-state index in [4.69, 9.17) is 4.42 Å². The molecule has 0 aliphatic heterocycles. The Morgan fingerprint density at radius 3 is 2.95 bits per heavy atom. The van der Waals surface area contributed by atoms with Gasteiger partial charge in [-0.05, 0) is 13.0 Å². The van der Waals surface area contributed by atoms with Crippen molar-refractivity contribution in [2.75, 3.05) is 17.3 Å². The number of rotatable bonds is 5. The first kappa shape index (κ1) is 13.5. The molecule has 1 heterocycles. The van der Waals surface area contributed by atoms with Crippen LogP contribution in [0, 0.1) is 10.1 Å². The molecular formula is C11H13N3O4S. The van der Waals surface area contributed by atoms with Gasteiger partial charge in [-0.3, -0.25) is 14.3 Å². The first-order valence-corrected chi connectivity index (χ1v) is 7.30. The summed E-state index contributed by atoms with van der Waals surface area (Å²) < 4.78 is 16.5. The van der Waals surface area contributed by atoms with E-state index in [9.17, 15) is 14.3 Å². The van der Waals surface area contributed by atoms with Gasteiger partial charge in [0.15, 0.2) is 5.58 Å². The lowest BCUT2D eigenvalue weighted by Crippen LogP contribution is -2.22. The molecule has 0 saturated carbocycles. The smallest absolute Gasteiger partial charge is 0.295 e. The zero-order valence-electron chi connectivity index (χ0n) is 10.5. The lowest BCUT2D eigenvalue weighted by Gasteiger charge is -2.09. The normalized spacial score (nSPS) is 14.2. The molecule has 0 fully saturated rings. The maximum absolute atomic E-state index is 11.1. The molecule has 19 heavy (non-hydrogen) atoms. The van der Waals surface area contributed by atoms with Crippen molar-refractivity contribution in [3.63, 3.8) is 0 Å². The highest BCUT2D eigenvalue weighted by Crippen LogP contribution is 2.23. The molecule has 0 spiro atoms. The van der Waals surface area contributed by atoms with Crippen LogP contribution in [0.1, 0.15) is 6.92 Å². The van der Waals surface area contributed by atoms with Crippen LogP contribution in [-0.4, -0.2) is 32.2 Å². The van der Waals surface area contributed by atoms with Gasteiger partial charge in [0.2, 0.25) is 0 Å². The predicted molar refractivity (Wildman–Crippen MR) is 72.7 cm³/mol. The zero-order chi connectivity index (χ0) is 14.0. The Bertz CT molecular complexity index is 640. The summed E-state index contributed by atoms with van der Waals surface area (Å²) in [5.41, 5.74) is 0.856. The van der Waals surface area contributed by atoms with Crippen molar-refractivity contribution in [1.29, 1.82) is 0 Å². The van der Waals surface area contributed by atoms with E-state index in [-0.39, 0.29) is 17.7 Å². The molecule has 0 saturated heterocycles. The van der Waals surface area contributed by atoms with Gasteiger partial charge in [-0.2, -0.15) is 4.98 Å². The number of oxazole rings is 1. The van der Waals surface area contributed by atoms with Crippen LogP contribution >= 0.6 is 0 Å². The molecule has 1 aromatic heterocycles. The van der Waals surface area contributed by atoms with Gasteiger partial charge in [-0.15, -0.1) is 0 Å². The minimum absolute atomic E-state index is 0.0324. The maximum atomic E-state index is 11.1. The van der Waals surface area contributed by atoms with Crippen molar-refractivity contribution in [3.05, 3.63) is 28.3 Å². The fourth-order valence-electron chi connectivity index (χ4n) is 1.70. The van der Waals surface area contributed by atoms with Gasteiger partial charge < -0.3 is 9.73 Å². The van der Waals surface area contributed by atoms with Crippen molar-refractivity contribution in [1.82, 2.24) is 4.98 Å². The van der Waals surface area contributed by atoms with Crippen LogP contribution in [0.15, 0.2) is 22.6 Å². The number of hydrogen-bond acceptors (Lipinski definition) is 6. The van der Waals surface area contributed by atoms with E-state index >= 15 is 0 Å². The molecule has 2 unspecified atom stereocenters. The van der Waals surface area contributed by atoms with Crippen LogP contribution in [0.5, 0.6) is 0 Å². The monoisotopic (exact) mass is 283 g/mol. The molecule has 0 aliphatic rings. The highest BCUT2D eigenvalue weighted by molar-refractivity contribution is 7.84. The fraction of sp³-hybridized carbons (Fsp3) is 0.364. The van der Waals surface area contributed by atoms with E-state index in [1.807, 2.05) is 6.92 Å². The standard InChI is InChI=1S/C11H13N3O4S/c1-7(6-19(2)17)12-11-13-9-5-8(14(15)16)3-4-10(9)18-11/h3-5,7H,6H2,1-2H3,(H,12,13). The van der Waals surface area contributed by atoms with Gasteiger partial charge in [-0.25, -0.2) is 0 Å². The Morgan fingerprint density at radius 1 is 1.58 bits per heavy atom. The molecule has 1 N–H and O–H groups in total. The topological polar surface area (TPSA) is 98.3 Å². The number of nitro groups is 1. The zero-order valence-corrected chi connectivity index (χ0v) is 11.3. The Hall–Kier alpha value is -1.96. The van der Waals surface area contributed by atoms with Crippen LogP contribution in [0.25, 0.3) is 11.1 Å². The number of fused-ring (bicyclic) bond motifs is 1. The molecule has 102 valence electrons. The molecule has 2 atom stereocenters. The van der Waals surface area contributed by atoms with E-state index in [0.29, 0.717) is 16.9 Å². The second kappa shape index (κ2) is 5.35. The third-order valence-electron chi connectivity index (χ3n) is 2.44. The van der Waals surface area contributed by atoms with Crippen molar-refractivity contribution >= 4 is 33.6 Å². The third kappa shape index (κ3) is 3.28. The van der Waals surface area contributed by atoms with Gasteiger partial charge in [-0.1, -0.05) is 0 Å². The predicted octanol–water partition coefficient (Wildman–Crippen LogP) is 1.91. The summed E-state index contributed by atoms with van der Waals surface area (Å²) in [5.74, 6) is 0.471. The van der Waals surface area contributed by atoms with E-state index in [1.54, 1.807) is 6.26 Å². The summed E-state index contributed by atoms with van der Waals surface area (Å²) >= 11 is 0.